The predicted molar refractivity (Wildman–Crippen MR) is 105 cm³/mol. The lowest BCUT2D eigenvalue weighted by molar-refractivity contribution is -0.137. The summed E-state index contributed by atoms with van der Waals surface area (Å²) in [5, 5.41) is 9.35. The Morgan fingerprint density at radius 2 is 1.56 bits per heavy atom. The lowest BCUT2D eigenvalue weighted by Gasteiger charge is -2.03. The van der Waals surface area contributed by atoms with Crippen LogP contribution in [-0.2, 0) is 9.53 Å². The third-order valence-electron chi connectivity index (χ3n) is 4.27. The molecular weight excluding hydrogens is 312 g/mol. The van der Waals surface area contributed by atoms with E-state index in [0.29, 0.717) is 6.61 Å². The first-order chi connectivity index (χ1) is 12.2. The van der Waals surface area contributed by atoms with Crippen LogP contribution in [0, 0.1) is 0 Å². The van der Waals surface area contributed by atoms with E-state index in [2.05, 4.69) is 6.92 Å². The van der Waals surface area contributed by atoms with Gasteiger partial charge in [0.05, 0.1) is 6.61 Å². The standard InChI is InChI=1S/C22H34O3/c1-2-3-4-5-6-7-8-9-10-11-12-18-25-22(24)17-16-20-14-13-15-21(23)19-20/h13-17,19,23H,2-12,18H2,1H3/b17-16+. The maximum Gasteiger partial charge on any atom is 0.330 e. The Labute approximate surface area is 153 Å². The lowest BCUT2D eigenvalue weighted by atomic mass is 10.1. The molecule has 0 aliphatic rings. The smallest absolute Gasteiger partial charge is 0.330 e. The van der Waals surface area contributed by atoms with Crippen molar-refractivity contribution in [2.24, 2.45) is 0 Å². The number of carbonyl (C=O) groups excluding carboxylic acids is 1. The van der Waals surface area contributed by atoms with Crippen LogP contribution in [0.2, 0.25) is 0 Å². The van der Waals surface area contributed by atoms with Crippen LogP contribution in [0.4, 0.5) is 0 Å². The van der Waals surface area contributed by atoms with Crippen LogP contribution >= 0.6 is 0 Å². The Hall–Kier alpha value is -1.77. The van der Waals surface area contributed by atoms with Crippen molar-refractivity contribution in [2.45, 2.75) is 77.6 Å². The molecule has 0 heterocycles. The summed E-state index contributed by atoms with van der Waals surface area (Å²) in [6.45, 7) is 2.74. The quantitative estimate of drug-likeness (QED) is 0.246. The van der Waals surface area contributed by atoms with Crippen LogP contribution in [0.5, 0.6) is 5.75 Å². The van der Waals surface area contributed by atoms with Crippen molar-refractivity contribution >= 4 is 12.0 Å². The molecule has 0 bridgehead atoms. The fraction of sp³-hybridized carbons (Fsp3) is 0.591. The highest BCUT2D eigenvalue weighted by atomic mass is 16.5. The van der Waals surface area contributed by atoms with Gasteiger partial charge in [0.15, 0.2) is 0 Å². The van der Waals surface area contributed by atoms with E-state index >= 15 is 0 Å². The summed E-state index contributed by atoms with van der Waals surface area (Å²) in [5.74, 6) is -0.133. The molecule has 0 saturated heterocycles. The zero-order valence-electron chi connectivity index (χ0n) is 15.7. The van der Waals surface area contributed by atoms with E-state index < -0.39 is 0 Å². The van der Waals surface area contributed by atoms with Crippen LogP contribution in [0.1, 0.15) is 83.1 Å². The van der Waals surface area contributed by atoms with Crippen molar-refractivity contribution in [1.29, 1.82) is 0 Å². The number of phenolic OH excluding ortho intramolecular Hbond substituents is 1. The molecule has 1 aromatic rings. The second kappa shape index (κ2) is 14.6. The first kappa shape index (κ1) is 21.3. The van der Waals surface area contributed by atoms with E-state index in [9.17, 15) is 9.90 Å². The van der Waals surface area contributed by atoms with Crippen molar-refractivity contribution in [3.8, 4) is 5.75 Å². The number of carbonyl (C=O) groups is 1. The second-order valence-electron chi connectivity index (χ2n) is 6.63. The molecule has 0 aromatic heterocycles. The summed E-state index contributed by atoms with van der Waals surface area (Å²) in [5.41, 5.74) is 0.784. The van der Waals surface area contributed by atoms with Gasteiger partial charge in [0.2, 0.25) is 0 Å². The minimum atomic E-state index is -0.324. The largest absolute Gasteiger partial charge is 0.508 e. The highest BCUT2D eigenvalue weighted by Gasteiger charge is 1.98. The number of rotatable bonds is 14. The molecule has 0 aliphatic carbocycles. The Kier molecular flexibility index (Phi) is 12.4. The molecule has 0 spiro atoms. The average molecular weight is 347 g/mol. The van der Waals surface area contributed by atoms with E-state index in [1.807, 2.05) is 6.07 Å². The van der Waals surface area contributed by atoms with Gasteiger partial charge in [-0.05, 0) is 30.2 Å². The number of hydrogen-bond acceptors (Lipinski definition) is 3. The number of benzene rings is 1. The minimum absolute atomic E-state index is 0.191. The van der Waals surface area contributed by atoms with E-state index in [1.54, 1.807) is 24.3 Å². The van der Waals surface area contributed by atoms with Gasteiger partial charge < -0.3 is 9.84 Å². The highest BCUT2D eigenvalue weighted by Crippen LogP contribution is 2.13. The number of esters is 1. The molecule has 0 aliphatic heterocycles. The summed E-state index contributed by atoms with van der Waals surface area (Å²) in [7, 11) is 0. The highest BCUT2D eigenvalue weighted by molar-refractivity contribution is 5.87. The third kappa shape index (κ3) is 12.3. The predicted octanol–water partition coefficient (Wildman–Crippen LogP) is 6.26. The van der Waals surface area contributed by atoms with Crippen molar-refractivity contribution in [3.63, 3.8) is 0 Å². The SMILES string of the molecule is CCCCCCCCCCCCCOC(=O)/C=C/c1cccc(O)c1. The van der Waals surface area contributed by atoms with Crippen molar-refractivity contribution in [1.82, 2.24) is 0 Å². The lowest BCUT2D eigenvalue weighted by Crippen LogP contribution is -2.02. The van der Waals surface area contributed by atoms with Gasteiger partial charge in [0.25, 0.3) is 0 Å². The van der Waals surface area contributed by atoms with Crippen molar-refractivity contribution in [3.05, 3.63) is 35.9 Å². The Morgan fingerprint density at radius 3 is 2.16 bits per heavy atom. The van der Waals surface area contributed by atoms with Gasteiger partial charge in [-0.2, -0.15) is 0 Å². The van der Waals surface area contributed by atoms with Crippen LogP contribution < -0.4 is 0 Å². The summed E-state index contributed by atoms with van der Waals surface area (Å²) < 4.78 is 5.19. The zero-order valence-corrected chi connectivity index (χ0v) is 15.7. The van der Waals surface area contributed by atoms with Crippen LogP contribution in [-0.4, -0.2) is 17.7 Å². The van der Waals surface area contributed by atoms with Crippen LogP contribution in [0.3, 0.4) is 0 Å². The molecular formula is C22H34O3. The monoisotopic (exact) mass is 346 g/mol. The number of hydrogen-bond donors (Lipinski definition) is 1. The fourth-order valence-electron chi connectivity index (χ4n) is 2.78. The molecule has 140 valence electrons. The Bertz CT molecular complexity index is 494. The average Bonchev–Trinajstić information content (AvgIpc) is 2.61. The number of unbranched alkanes of at least 4 members (excludes halogenated alkanes) is 10. The Balaban J connectivity index is 1.93. The molecule has 3 heteroatoms. The second-order valence-corrected chi connectivity index (χ2v) is 6.63. The van der Waals surface area contributed by atoms with Gasteiger partial charge in [0.1, 0.15) is 5.75 Å². The number of ether oxygens (including phenoxy) is 1. The maximum atomic E-state index is 11.6. The van der Waals surface area contributed by atoms with E-state index in [1.165, 1.54) is 63.9 Å². The van der Waals surface area contributed by atoms with Gasteiger partial charge >= 0.3 is 5.97 Å². The maximum absolute atomic E-state index is 11.6. The van der Waals surface area contributed by atoms with Gasteiger partial charge in [-0.15, -0.1) is 0 Å². The van der Waals surface area contributed by atoms with Crippen LogP contribution in [0.15, 0.2) is 30.3 Å². The molecule has 1 aromatic carbocycles. The number of aromatic hydroxyl groups is 1. The molecule has 0 atom stereocenters. The van der Waals surface area contributed by atoms with E-state index in [4.69, 9.17) is 4.74 Å². The van der Waals surface area contributed by atoms with Crippen molar-refractivity contribution < 1.29 is 14.6 Å². The molecule has 1 N–H and O–H groups in total. The van der Waals surface area contributed by atoms with E-state index in [-0.39, 0.29) is 11.7 Å². The topological polar surface area (TPSA) is 46.5 Å². The summed E-state index contributed by atoms with van der Waals surface area (Å²) in [4.78, 5) is 11.6. The minimum Gasteiger partial charge on any atom is -0.508 e. The first-order valence-electron chi connectivity index (χ1n) is 9.86. The molecule has 3 nitrogen and oxygen atoms in total. The summed E-state index contributed by atoms with van der Waals surface area (Å²) in [6.07, 6.45) is 17.2. The molecule has 0 saturated carbocycles. The van der Waals surface area contributed by atoms with Gasteiger partial charge in [0, 0.05) is 6.08 Å². The molecule has 0 amide bonds. The summed E-state index contributed by atoms with van der Waals surface area (Å²) in [6, 6.07) is 6.77. The molecule has 1 rings (SSSR count). The van der Waals surface area contributed by atoms with Crippen LogP contribution in [0.25, 0.3) is 6.08 Å². The third-order valence-corrected chi connectivity index (χ3v) is 4.27. The Morgan fingerprint density at radius 1 is 0.960 bits per heavy atom. The van der Waals surface area contributed by atoms with E-state index in [0.717, 1.165) is 18.4 Å². The number of phenols is 1. The van der Waals surface area contributed by atoms with Gasteiger partial charge in [-0.1, -0.05) is 83.3 Å². The normalized spacial score (nSPS) is 11.1. The van der Waals surface area contributed by atoms with Gasteiger partial charge in [-0.3, -0.25) is 0 Å². The molecule has 0 radical (unpaired) electrons. The molecule has 0 unspecified atom stereocenters. The molecule has 25 heavy (non-hydrogen) atoms. The van der Waals surface area contributed by atoms with Crippen molar-refractivity contribution in [2.75, 3.05) is 6.61 Å². The van der Waals surface area contributed by atoms with Gasteiger partial charge in [-0.25, -0.2) is 4.79 Å². The fourth-order valence-corrected chi connectivity index (χ4v) is 2.78. The first-order valence-corrected chi connectivity index (χ1v) is 9.86. The summed E-state index contributed by atoms with van der Waals surface area (Å²) >= 11 is 0. The zero-order chi connectivity index (χ0) is 18.2. The molecule has 0 fully saturated rings.